The highest BCUT2D eigenvalue weighted by molar-refractivity contribution is 7.47. The van der Waals surface area contributed by atoms with Gasteiger partial charge >= 0.3 is 7.82 Å². The van der Waals surface area contributed by atoms with E-state index < -0.39 is 56.9 Å². The van der Waals surface area contributed by atoms with E-state index in [1.807, 2.05) is 12.1 Å². The molecule has 0 radical (unpaired) electrons. The lowest BCUT2D eigenvalue weighted by Crippen LogP contribution is -2.41. The number of ether oxygens (including phenoxy) is 3. The van der Waals surface area contributed by atoms with Crippen LogP contribution in [0.25, 0.3) is 5.52 Å². The summed E-state index contributed by atoms with van der Waals surface area (Å²) >= 11 is 0. The van der Waals surface area contributed by atoms with Crippen molar-refractivity contribution in [1.82, 2.24) is 14.6 Å². The highest BCUT2D eigenvalue weighted by Crippen LogP contribution is 2.46. The van der Waals surface area contributed by atoms with Gasteiger partial charge in [-0.2, -0.15) is 15.6 Å². The van der Waals surface area contributed by atoms with Crippen molar-refractivity contribution in [3.05, 3.63) is 71.4 Å². The molecule has 1 fully saturated rings. The summed E-state index contributed by atoms with van der Waals surface area (Å²) in [5.41, 5.74) is 4.63. The Balaban J connectivity index is 1.21. The molecule has 2 aromatic heterocycles. The summed E-state index contributed by atoms with van der Waals surface area (Å²) in [4.78, 5) is 14.5. The summed E-state index contributed by atoms with van der Waals surface area (Å²) in [5.74, 6) is -0.506. The highest BCUT2D eigenvalue weighted by atomic mass is 31.2. The first kappa shape index (κ1) is 46.9. The molecule has 6 atom stereocenters. The summed E-state index contributed by atoms with van der Waals surface area (Å²) in [6, 6.07) is 10.5. The van der Waals surface area contributed by atoms with E-state index in [0.29, 0.717) is 17.7 Å². The van der Waals surface area contributed by atoms with Crippen LogP contribution in [0.4, 0.5) is 10.2 Å². The monoisotopic (exact) mass is 828 g/mol. The Morgan fingerprint density at radius 2 is 1.69 bits per heavy atom. The smallest absolute Gasteiger partial charge is 0.387 e. The first-order chi connectivity index (χ1) is 28.0. The Morgan fingerprint density at radius 3 is 2.38 bits per heavy atom. The number of nitrogens with two attached hydrogens (primary N) is 1. The highest BCUT2D eigenvalue weighted by Gasteiger charge is 2.58. The predicted molar refractivity (Wildman–Crippen MR) is 213 cm³/mol. The third kappa shape index (κ3) is 14.2. The van der Waals surface area contributed by atoms with E-state index in [-0.39, 0.29) is 30.3 Å². The number of nitriles is 2. The first-order valence-corrected chi connectivity index (χ1v) is 21.7. The second-order valence-electron chi connectivity index (χ2n) is 14.6. The fourth-order valence-corrected chi connectivity index (χ4v) is 7.52. The van der Waals surface area contributed by atoms with Crippen molar-refractivity contribution in [2.75, 3.05) is 32.2 Å². The van der Waals surface area contributed by atoms with Gasteiger partial charge in [-0.05, 0) is 68.0 Å². The maximum absolute atomic E-state index is 14.1. The molecule has 4 rings (SSSR count). The first-order valence-electron chi connectivity index (χ1n) is 20.2. The molecule has 5 N–H and O–H groups in total. The number of nitrogen functional groups attached to an aromatic ring is 1. The van der Waals surface area contributed by atoms with Gasteiger partial charge in [0.1, 0.15) is 48.1 Å². The Kier molecular flexibility index (Phi) is 19.7. The third-order valence-corrected chi connectivity index (χ3v) is 10.9. The minimum atomic E-state index is -4.84. The second kappa shape index (κ2) is 24.3. The van der Waals surface area contributed by atoms with Crippen LogP contribution in [0.2, 0.25) is 0 Å². The van der Waals surface area contributed by atoms with Crippen LogP contribution in [0.3, 0.4) is 0 Å². The minimum Gasteiger partial charge on any atom is -0.387 e. The molecule has 1 aromatic carbocycles. The molecule has 318 valence electrons. The zero-order chi connectivity index (χ0) is 41.8. The minimum absolute atomic E-state index is 0.0217. The lowest BCUT2D eigenvalue weighted by Gasteiger charge is -2.24. The van der Waals surface area contributed by atoms with Gasteiger partial charge in [-0.15, -0.1) is 0 Å². The van der Waals surface area contributed by atoms with E-state index in [1.54, 1.807) is 0 Å². The van der Waals surface area contributed by atoms with Gasteiger partial charge in [-0.3, -0.25) is 9.05 Å². The molecule has 0 spiro atoms. The molecule has 1 unspecified atom stereocenters. The van der Waals surface area contributed by atoms with E-state index >= 15 is 0 Å². The van der Waals surface area contributed by atoms with Crippen LogP contribution >= 0.6 is 7.82 Å². The topological polar surface area (TPSA) is 228 Å². The van der Waals surface area contributed by atoms with Gasteiger partial charge in [0.15, 0.2) is 5.82 Å². The molecule has 1 saturated heterocycles. The molecule has 0 saturated carbocycles. The number of nitrogens with zero attached hydrogens (tertiary/aromatic N) is 5. The Labute approximate surface area is 340 Å². The number of hydrogen-bond donors (Lipinski definition) is 4. The molecule has 3 heterocycles. The van der Waals surface area contributed by atoms with Crippen LogP contribution < -0.4 is 5.73 Å². The van der Waals surface area contributed by atoms with Gasteiger partial charge < -0.3 is 35.1 Å². The normalized spacial score (nSPS) is 21.0. The van der Waals surface area contributed by atoms with Gasteiger partial charge in [0.2, 0.25) is 5.60 Å². The molecule has 58 heavy (non-hydrogen) atoms. The summed E-state index contributed by atoms with van der Waals surface area (Å²) in [7, 11) is -4.84. The molecular weight excluding hydrogens is 770 g/mol. The van der Waals surface area contributed by atoms with Gasteiger partial charge in [0, 0.05) is 6.61 Å². The Morgan fingerprint density at radius 1 is 1.00 bits per heavy atom. The standard InChI is InChI=1S/C41H58FN6O9P/c1-2-3-4-5-6-7-8-9-10-11-12-13-14-15-16-17-20-53-26-34(54-25-32-21-31(24-43)22-33(42)23-32)27-55-58(51,52)56-28-36-38(49)39(50)41(29-44,57-36)37-19-18-35-40(45)46-30-47-48(35)37/h9-10,18-19,21-23,30,34,36,38-39,49-50H,2-8,11-17,20,25-28H2,1H3,(H,51,52)(H2,45,46,47)/b10-9-/t34-,36-,38-,39-,41+/m1/s1. The summed E-state index contributed by atoms with van der Waals surface area (Å²) < 4.78 is 56.2. The molecule has 1 aliphatic rings. The number of aliphatic hydroxyl groups is 2. The van der Waals surface area contributed by atoms with E-state index in [0.717, 1.165) is 44.5 Å². The van der Waals surface area contributed by atoms with Crippen molar-refractivity contribution in [1.29, 1.82) is 10.5 Å². The Hall–Kier alpha value is -3.80. The Bertz CT molecular complexity index is 1870. The van der Waals surface area contributed by atoms with Crippen molar-refractivity contribution in [2.45, 2.75) is 133 Å². The number of halogens is 1. The van der Waals surface area contributed by atoms with Gasteiger partial charge in [0.05, 0.1) is 43.8 Å². The van der Waals surface area contributed by atoms with E-state index in [1.165, 1.54) is 86.6 Å². The van der Waals surface area contributed by atoms with Crippen molar-refractivity contribution in [2.24, 2.45) is 0 Å². The molecule has 15 nitrogen and oxygen atoms in total. The number of phosphoric acid groups is 1. The summed E-state index contributed by atoms with van der Waals surface area (Å²) in [5, 5.41) is 45.2. The van der Waals surface area contributed by atoms with E-state index in [4.69, 9.17) is 29.0 Å². The van der Waals surface area contributed by atoms with Crippen LogP contribution in [-0.4, -0.2) is 80.5 Å². The van der Waals surface area contributed by atoms with E-state index in [2.05, 4.69) is 29.2 Å². The molecule has 0 bridgehead atoms. The van der Waals surface area contributed by atoms with Crippen LogP contribution in [0.15, 0.2) is 48.8 Å². The van der Waals surface area contributed by atoms with Gasteiger partial charge in [-0.1, -0.05) is 76.9 Å². The fourth-order valence-electron chi connectivity index (χ4n) is 6.76. The van der Waals surface area contributed by atoms with Crippen LogP contribution in [0.1, 0.15) is 114 Å². The summed E-state index contributed by atoms with van der Waals surface area (Å²) in [6.07, 6.45) is 16.5. The number of benzene rings is 1. The predicted octanol–water partition coefficient (Wildman–Crippen LogP) is 6.93. The number of anilines is 1. The number of aliphatic hydroxyl groups excluding tert-OH is 2. The van der Waals surface area contributed by atoms with Crippen LogP contribution in [-0.2, 0) is 40.0 Å². The summed E-state index contributed by atoms with van der Waals surface area (Å²) in [6.45, 7) is 1.28. The molecule has 0 aliphatic carbocycles. The third-order valence-electron chi connectivity index (χ3n) is 9.99. The van der Waals surface area contributed by atoms with Crippen molar-refractivity contribution < 1.29 is 47.3 Å². The fraction of sp³-hybridized carbons (Fsp3) is 0.610. The average molecular weight is 829 g/mol. The molecule has 1 aliphatic heterocycles. The SMILES string of the molecule is CCCCCCCC/C=C\CCCCCCCCOC[C@H](COP(=O)(O)OC[C@H]1O[C@@](C#N)(c2ccc3c(N)ncnn23)[C@H](O)[C@@H]1O)OCc1cc(F)cc(C#N)c1. The zero-order valence-corrected chi connectivity index (χ0v) is 34.2. The van der Waals surface area contributed by atoms with Crippen molar-refractivity contribution in [3.8, 4) is 12.1 Å². The van der Waals surface area contributed by atoms with Crippen LogP contribution in [0.5, 0.6) is 0 Å². The lowest BCUT2D eigenvalue weighted by molar-refractivity contribution is -0.0690. The number of fused-ring (bicyclic) bond motifs is 1. The van der Waals surface area contributed by atoms with E-state index in [9.17, 15) is 34.6 Å². The van der Waals surface area contributed by atoms with Gasteiger partial charge in [0.25, 0.3) is 0 Å². The maximum Gasteiger partial charge on any atom is 0.472 e. The average Bonchev–Trinajstić information content (AvgIpc) is 3.76. The number of phosphoric ester groups is 1. The number of unbranched alkanes of at least 4 members (excludes halogenated alkanes) is 12. The number of rotatable bonds is 28. The van der Waals surface area contributed by atoms with Crippen LogP contribution in [0, 0.1) is 28.5 Å². The zero-order valence-electron chi connectivity index (χ0n) is 33.3. The maximum atomic E-state index is 14.1. The number of aromatic nitrogens is 3. The molecule has 3 aromatic rings. The quantitative estimate of drug-likeness (QED) is 0.0331. The largest absolute Gasteiger partial charge is 0.472 e. The van der Waals surface area contributed by atoms with Crippen molar-refractivity contribution in [3.63, 3.8) is 0 Å². The lowest BCUT2D eigenvalue weighted by atomic mass is 9.92. The molecule has 17 heteroatoms. The number of allylic oxidation sites excluding steroid dienone is 2. The van der Waals surface area contributed by atoms with Crippen molar-refractivity contribution >= 4 is 19.2 Å². The second-order valence-corrected chi connectivity index (χ2v) is 16.0. The molecule has 0 amide bonds. The molecular formula is C41H58FN6O9P. The van der Waals surface area contributed by atoms with Gasteiger partial charge in [-0.25, -0.2) is 18.5 Å². The number of hydrogen-bond acceptors (Lipinski definition) is 13.